The molecule has 0 spiro atoms. The molecule has 1 fully saturated rings. The van der Waals surface area contributed by atoms with Crippen molar-refractivity contribution >= 4 is 37.4 Å². The van der Waals surface area contributed by atoms with Crippen molar-refractivity contribution in [3.05, 3.63) is 29.3 Å². The van der Waals surface area contributed by atoms with Crippen molar-refractivity contribution in [3.8, 4) is 0 Å². The van der Waals surface area contributed by atoms with Gasteiger partial charge in [0.25, 0.3) is 0 Å². The highest BCUT2D eigenvalue weighted by Crippen LogP contribution is 2.26. The van der Waals surface area contributed by atoms with Gasteiger partial charge in [-0.3, -0.25) is 4.79 Å². The van der Waals surface area contributed by atoms with Gasteiger partial charge in [-0.05, 0) is 24.3 Å². The summed E-state index contributed by atoms with van der Waals surface area (Å²) in [5.41, 5.74) is 0. The lowest BCUT2D eigenvalue weighted by atomic mass is 10.2. The van der Waals surface area contributed by atoms with Crippen LogP contribution in [-0.4, -0.2) is 67.5 Å². The number of hydrogen-bond donors (Lipinski definition) is 2. The van der Waals surface area contributed by atoms with Gasteiger partial charge in [0.1, 0.15) is 6.54 Å². The number of rotatable bonds is 5. The summed E-state index contributed by atoms with van der Waals surface area (Å²) in [6.45, 7) is -0.956. The Morgan fingerprint density at radius 2 is 1.83 bits per heavy atom. The van der Waals surface area contributed by atoms with Crippen molar-refractivity contribution in [2.45, 2.75) is 17.0 Å². The van der Waals surface area contributed by atoms with Crippen LogP contribution in [0.3, 0.4) is 0 Å². The zero-order chi connectivity index (χ0) is 17.4. The van der Waals surface area contributed by atoms with Gasteiger partial charge >= 0.3 is 5.97 Å². The van der Waals surface area contributed by atoms with Gasteiger partial charge in [-0.1, -0.05) is 11.6 Å². The first kappa shape index (κ1) is 18.1. The summed E-state index contributed by atoms with van der Waals surface area (Å²) in [6, 6.07) is 3.64. The van der Waals surface area contributed by atoms with Crippen LogP contribution in [0.15, 0.2) is 29.2 Å². The molecule has 1 aliphatic rings. The summed E-state index contributed by atoms with van der Waals surface area (Å²) in [4.78, 5) is 10.8. The maximum atomic E-state index is 12.6. The Morgan fingerprint density at radius 1 is 1.26 bits per heavy atom. The van der Waals surface area contributed by atoms with Crippen molar-refractivity contribution in [1.82, 2.24) is 4.31 Å². The molecule has 8 nitrogen and oxygen atoms in total. The van der Waals surface area contributed by atoms with Gasteiger partial charge in [-0.15, -0.1) is 0 Å². The lowest BCUT2D eigenvalue weighted by Gasteiger charge is -2.27. The van der Waals surface area contributed by atoms with Gasteiger partial charge in [-0.25, -0.2) is 16.8 Å². The lowest BCUT2D eigenvalue weighted by molar-refractivity contribution is -0.137. The maximum absolute atomic E-state index is 12.6. The summed E-state index contributed by atoms with van der Waals surface area (Å²) in [5.74, 6) is -2.70. The molecular weight excluding hydrogens is 370 g/mol. The number of aliphatic carboxylic acids is 1. The fourth-order valence-corrected chi connectivity index (χ4v) is 5.97. The smallest absolute Gasteiger partial charge is 0.318 e. The average Bonchev–Trinajstić information content (AvgIpc) is 2.69. The van der Waals surface area contributed by atoms with Gasteiger partial charge < -0.3 is 10.2 Å². The van der Waals surface area contributed by atoms with E-state index >= 15 is 0 Å². The molecule has 23 heavy (non-hydrogen) atoms. The number of carboxylic acid groups (broad SMARTS) is 1. The van der Waals surface area contributed by atoms with Gasteiger partial charge in [-0.2, -0.15) is 4.31 Å². The Hall–Kier alpha value is -1.20. The molecule has 2 rings (SSSR count). The molecule has 2 atom stereocenters. The molecule has 11 heteroatoms. The molecule has 0 aromatic heterocycles. The summed E-state index contributed by atoms with van der Waals surface area (Å²) in [5, 5.41) is 19.1. The Morgan fingerprint density at radius 3 is 2.26 bits per heavy atom. The largest absolute Gasteiger partial charge is 0.480 e. The van der Waals surface area contributed by atoms with Crippen LogP contribution in [0.25, 0.3) is 0 Å². The van der Waals surface area contributed by atoms with Crippen LogP contribution in [0.1, 0.15) is 0 Å². The Bertz CT molecular complexity index is 804. The minimum atomic E-state index is -4.31. The monoisotopic (exact) mass is 383 g/mol. The van der Waals surface area contributed by atoms with Gasteiger partial charge in [0.05, 0.1) is 28.5 Å². The predicted octanol–water partition coefficient (Wildman–Crippen LogP) is -0.427. The number of aliphatic hydroxyl groups is 1. The number of nitrogens with zero attached hydrogens (tertiary/aromatic N) is 1. The SMILES string of the molecule is O=C(O)CN([C@@H]1CS(=O)(=O)C[C@H]1O)S(=O)(=O)c1ccc(Cl)cc1. The highest BCUT2D eigenvalue weighted by molar-refractivity contribution is 7.92. The minimum Gasteiger partial charge on any atom is -0.480 e. The van der Waals surface area contributed by atoms with E-state index in [4.69, 9.17) is 16.7 Å². The third kappa shape index (κ3) is 4.01. The number of sulfone groups is 1. The van der Waals surface area contributed by atoms with Crippen LogP contribution in [-0.2, 0) is 24.7 Å². The molecule has 0 saturated carbocycles. The number of carbonyl (C=O) groups is 1. The molecule has 0 aliphatic carbocycles. The summed E-state index contributed by atoms with van der Waals surface area (Å²) < 4.78 is 49.0. The Kier molecular flexibility index (Phi) is 5.02. The topological polar surface area (TPSA) is 129 Å². The van der Waals surface area contributed by atoms with Crippen molar-refractivity contribution in [3.63, 3.8) is 0 Å². The molecule has 0 unspecified atom stereocenters. The standard InChI is InChI=1S/C12H14ClNO7S2/c13-8-1-3-9(4-2-8)23(20,21)14(5-12(16)17)10-6-22(18,19)7-11(10)15/h1-4,10-11,15H,5-7H2,(H,16,17)/t10-,11-/m1/s1. The third-order valence-corrected chi connectivity index (χ3v) is 7.21. The van der Waals surface area contributed by atoms with Gasteiger partial charge in [0, 0.05) is 5.02 Å². The van der Waals surface area contributed by atoms with E-state index in [2.05, 4.69) is 0 Å². The van der Waals surface area contributed by atoms with Crippen molar-refractivity contribution in [1.29, 1.82) is 0 Å². The van der Waals surface area contributed by atoms with E-state index < -0.39 is 56.0 Å². The number of carboxylic acids is 1. The van der Waals surface area contributed by atoms with Crippen molar-refractivity contribution in [2.24, 2.45) is 0 Å². The fourth-order valence-electron chi connectivity index (χ4n) is 2.34. The summed E-state index contributed by atoms with van der Waals surface area (Å²) in [6.07, 6.45) is -1.48. The molecular formula is C12H14ClNO7S2. The van der Waals surface area contributed by atoms with Gasteiger partial charge in [0.15, 0.2) is 9.84 Å². The molecule has 1 saturated heterocycles. The number of aliphatic hydroxyl groups excluding tert-OH is 1. The predicted molar refractivity (Wildman–Crippen MR) is 81.4 cm³/mol. The van der Waals surface area contributed by atoms with Gasteiger partial charge in [0.2, 0.25) is 10.0 Å². The van der Waals surface area contributed by atoms with Crippen LogP contribution < -0.4 is 0 Å². The van der Waals surface area contributed by atoms with E-state index in [0.29, 0.717) is 4.31 Å². The second-order valence-electron chi connectivity index (χ2n) is 5.11. The van der Waals surface area contributed by atoms with Crippen molar-refractivity contribution < 1.29 is 31.8 Å². The Balaban J connectivity index is 2.46. The number of halogens is 1. The molecule has 1 aliphatic heterocycles. The van der Waals surface area contributed by atoms with Crippen LogP contribution in [0.2, 0.25) is 5.02 Å². The van der Waals surface area contributed by atoms with Crippen LogP contribution >= 0.6 is 11.6 Å². The third-order valence-electron chi connectivity index (χ3n) is 3.37. The fraction of sp³-hybridized carbons (Fsp3) is 0.417. The zero-order valence-corrected chi connectivity index (χ0v) is 14.1. The first-order valence-corrected chi connectivity index (χ1v) is 10.0. The van der Waals surface area contributed by atoms with Crippen LogP contribution in [0, 0.1) is 0 Å². The normalized spacial score (nSPS) is 24.0. The van der Waals surface area contributed by atoms with E-state index in [9.17, 15) is 26.7 Å². The zero-order valence-electron chi connectivity index (χ0n) is 11.7. The number of hydrogen-bond acceptors (Lipinski definition) is 6. The van der Waals surface area contributed by atoms with E-state index in [-0.39, 0.29) is 9.92 Å². The molecule has 1 aromatic carbocycles. The highest BCUT2D eigenvalue weighted by Gasteiger charge is 2.45. The molecule has 1 heterocycles. The number of sulfonamides is 1. The molecule has 0 bridgehead atoms. The highest BCUT2D eigenvalue weighted by atomic mass is 35.5. The quantitative estimate of drug-likeness (QED) is 0.705. The van der Waals surface area contributed by atoms with E-state index in [1.807, 2.05) is 0 Å². The average molecular weight is 384 g/mol. The lowest BCUT2D eigenvalue weighted by Crippen LogP contribution is -2.48. The van der Waals surface area contributed by atoms with E-state index in [1.54, 1.807) is 0 Å². The first-order chi connectivity index (χ1) is 10.5. The van der Waals surface area contributed by atoms with E-state index in [0.717, 1.165) is 0 Å². The minimum absolute atomic E-state index is 0.236. The molecule has 128 valence electrons. The van der Waals surface area contributed by atoms with Crippen LogP contribution in [0.5, 0.6) is 0 Å². The molecule has 0 amide bonds. The van der Waals surface area contributed by atoms with Crippen LogP contribution in [0.4, 0.5) is 0 Å². The Labute approximate surface area is 138 Å². The molecule has 1 aromatic rings. The number of benzene rings is 1. The molecule has 0 radical (unpaired) electrons. The summed E-state index contributed by atoms with van der Waals surface area (Å²) >= 11 is 5.69. The first-order valence-electron chi connectivity index (χ1n) is 6.40. The maximum Gasteiger partial charge on any atom is 0.318 e. The summed E-state index contributed by atoms with van der Waals surface area (Å²) in [7, 11) is -7.95. The van der Waals surface area contributed by atoms with Crippen molar-refractivity contribution in [2.75, 3.05) is 18.1 Å². The second kappa shape index (κ2) is 6.36. The van der Waals surface area contributed by atoms with E-state index in [1.165, 1.54) is 24.3 Å². The second-order valence-corrected chi connectivity index (χ2v) is 9.59. The molecule has 2 N–H and O–H groups in total.